The molecule has 1 rings (SSSR count). The number of pyridine rings is 1. The first-order chi connectivity index (χ1) is 7.99. The van der Waals surface area contributed by atoms with Crippen LogP contribution in [-0.2, 0) is 0 Å². The maximum atomic E-state index is 12.3. The molecule has 5 nitrogen and oxygen atoms in total. The molecule has 0 spiro atoms. The van der Waals surface area contributed by atoms with Gasteiger partial charge in [0.15, 0.2) is 5.82 Å². The van der Waals surface area contributed by atoms with E-state index in [9.17, 15) is 4.79 Å². The Morgan fingerprint density at radius 1 is 1.47 bits per heavy atom. The lowest BCUT2D eigenvalue weighted by molar-refractivity contribution is 0.0707. The van der Waals surface area contributed by atoms with E-state index in [0.29, 0.717) is 17.3 Å². The number of amides is 1. The number of hydrogen-bond donors (Lipinski definition) is 2. The van der Waals surface area contributed by atoms with Crippen molar-refractivity contribution >= 4 is 11.7 Å². The summed E-state index contributed by atoms with van der Waals surface area (Å²) in [4.78, 5) is 18.0. The molecule has 94 valence electrons. The van der Waals surface area contributed by atoms with Gasteiger partial charge in [-0.15, -0.1) is 0 Å². The first-order valence-corrected chi connectivity index (χ1v) is 5.67. The summed E-state index contributed by atoms with van der Waals surface area (Å²) in [5.41, 5.74) is 2.93. The third kappa shape index (κ3) is 2.94. The van der Waals surface area contributed by atoms with Crippen LogP contribution in [0.1, 0.15) is 31.1 Å². The Bertz CT molecular complexity index is 392. The highest BCUT2D eigenvalue weighted by molar-refractivity contribution is 5.98. The van der Waals surface area contributed by atoms with Crippen LogP contribution < -0.4 is 11.3 Å². The van der Waals surface area contributed by atoms with E-state index in [4.69, 9.17) is 5.84 Å². The summed E-state index contributed by atoms with van der Waals surface area (Å²) in [5, 5.41) is 0. The predicted octanol–water partition coefficient (Wildman–Crippen LogP) is 1.48. The van der Waals surface area contributed by atoms with E-state index >= 15 is 0 Å². The van der Waals surface area contributed by atoms with Crippen LogP contribution >= 0.6 is 0 Å². The summed E-state index contributed by atoms with van der Waals surface area (Å²) in [5.74, 6) is 6.07. The second-order valence-electron chi connectivity index (χ2n) is 4.44. The number of anilines is 1. The molecule has 17 heavy (non-hydrogen) atoms. The van der Waals surface area contributed by atoms with E-state index in [2.05, 4.69) is 24.3 Å². The molecule has 1 atom stereocenters. The van der Waals surface area contributed by atoms with Gasteiger partial charge in [-0.3, -0.25) is 4.79 Å². The highest BCUT2D eigenvalue weighted by Gasteiger charge is 2.22. The fraction of sp³-hybridized carbons (Fsp3) is 0.500. The third-order valence-corrected chi connectivity index (χ3v) is 3.07. The molecule has 0 fully saturated rings. The molecular formula is C12H20N4O. The number of aromatic nitrogens is 1. The Balaban J connectivity index is 2.96. The second-order valence-corrected chi connectivity index (χ2v) is 4.44. The van der Waals surface area contributed by atoms with Crippen LogP contribution in [0.25, 0.3) is 0 Å². The Kier molecular flexibility index (Phi) is 4.45. The van der Waals surface area contributed by atoms with E-state index in [-0.39, 0.29) is 11.9 Å². The Morgan fingerprint density at radius 3 is 2.65 bits per heavy atom. The van der Waals surface area contributed by atoms with Crippen molar-refractivity contribution in [1.82, 2.24) is 9.88 Å². The van der Waals surface area contributed by atoms with Crippen molar-refractivity contribution in [3.8, 4) is 0 Å². The monoisotopic (exact) mass is 236 g/mol. The Labute approximate surface area is 102 Å². The molecule has 0 aliphatic rings. The number of nitrogens with one attached hydrogen (secondary N) is 1. The molecule has 1 heterocycles. The van der Waals surface area contributed by atoms with Gasteiger partial charge in [0.2, 0.25) is 0 Å². The van der Waals surface area contributed by atoms with Crippen LogP contribution in [-0.4, -0.2) is 28.9 Å². The van der Waals surface area contributed by atoms with Crippen LogP contribution in [0.15, 0.2) is 18.3 Å². The third-order valence-electron chi connectivity index (χ3n) is 3.07. The average molecular weight is 236 g/mol. The maximum absolute atomic E-state index is 12.3. The Hall–Kier alpha value is -1.62. The second kappa shape index (κ2) is 5.63. The molecule has 0 aliphatic carbocycles. The highest BCUT2D eigenvalue weighted by atomic mass is 16.2. The summed E-state index contributed by atoms with van der Waals surface area (Å²) in [6.45, 7) is 6.19. The van der Waals surface area contributed by atoms with Crippen LogP contribution in [0.5, 0.6) is 0 Å². The van der Waals surface area contributed by atoms with Crippen molar-refractivity contribution in [2.24, 2.45) is 11.8 Å². The standard InChI is InChI=1S/C12H20N4O/c1-8(2)9(3)16(4)12(17)10-6-5-7-14-11(10)15-13/h5-9H,13H2,1-4H3,(H,14,15). The lowest BCUT2D eigenvalue weighted by atomic mass is 10.0. The molecule has 0 aromatic carbocycles. The van der Waals surface area contributed by atoms with Crippen molar-refractivity contribution in [2.75, 3.05) is 12.5 Å². The van der Waals surface area contributed by atoms with Gasteiger partial charge >= 0.3 is 0 Å². The number of nitrogen functional groups attached to an aromatic ring is 1. The normalized spacial score (nSPS) is 12.4. The first-order valence-electron chi connectivity index (χ1n) is 5.67. The molecule has 0 bridgehead atoms. The summed E-state index contributed by atoms with van der Waals surface area (Å²) < 4.78 is 0. The van der Waals surface area contributed by atoms with Gasteiger partial charge in [0.05, 0.1) is 5.56 Å². The molecule has 3 N–H and O–H groups in total. The predicted molar refractivity (Wildman–Crippen MR) is 68.4 cm³/mol. The first kappa shape index (κ1) is 13.4. The van der Waals surface area contributed by atoms with Crippen molar-refractivity contribution in [1.29, 1.82) is 0 Å². The van der Waals surface area contributed by atoms with Crippen molar-refractivity contribution in [2.45, 2.75) is 26.8 Å². The smallest absolute Gasteiger partial charge is 0.257 e. The van der Waals surface area contributed by atoms with E-state index in [0.717, 1.165) is 0 Å². The van der Waals surface area contributed by atoms with E-state index in [1.165, 1.54) is 0 Å². The number of hydrazine groups is 1. The van der Waals surface area contributed by atoms with Crippen LogP contribution in [0.3, 0.4) is 0 Å². The van der Waals surface area contributed by atoms with Crippen LogP contribution in [0.4, 0.5) is 5.82 Å². The minimum Gasteiger partial charge on any atom is -0.339 e. The molecular weight excluding hydrogens is 216 g/mol. The zero-order chi connectivity index (χ0) is 13.0. The van der Waals surface area contributed by atoms with Gasteiger partial charge in [-0.1, -0.05) is 13.8 Å². The summed E-state index contributed by atoms with van der Waals surface area (Å²) in [6, 6.07) is 3.60. The summed E-state index contributed by atoms with van der Waals surface area (Å²) in [7, 11) is 1.79. The minimum absolute atomic E-state index is 0.0766. The number of rotatable bonds is 4. The molecule has 0 radical (unpaired) electrons. The van der Waals surface area contributed by atoms with Crippen molar-refractivity contribution in [3.05, 3.63) is 23.9 Å². The SMILES string of the molecule is CC(C)C(C)N(C)C(=O)c1cccnc1NN. The molecule has 5 heteroatoms. The van der Waals surface area contributed by atoms with Gasteiger partial charge in [-0.25, -0.2) is 10.8 Å². The summed E-state index contributed by atoms with van der Waals surface area (Å²) >= 11 is 0. The van der Waals surface area contributed by atoms with E-state index in [1.54, 1.807) is 30.3 Å². The zero-order valence-corrected chi connectivity index (χ0v) is 10.8. The number of carbonyl (C=O) groups is 1. The zero-order valence-electron chi connectivity index (χ0n) is 10.8. The van der Waals surface area contributed by atoms with Crippen LogP contribution in [0, 0.1) is 5.92 Å². The van der Waals surface area contributed by atoms with Gasteiger partial charge in [0.25, 0.3) is 5.91 Å². The van der Waals surface area contributed by atoms with Crippen molar-refractivity contribution in [3.63, 3.8) is 0 Å². The lowest BCUT2D eigenvalue weighted by Crippen LogP contribution is -2.38. The number of nitrogens with zero attached hydrogens (tertiary/aromatic N) is 2. The van der Waals surface area contributed by atoms with E-state index < -0.39 is 0 Å². The molecule has 1 aromatic heterocycles. The van der Waals surface area contributed by atoms with Gasteiger partial charge in [0, 0.05) is 19.3 Å². The molecule has 0 aliphatic heterocycles. The van der Waals surface area contributed by atoms with Crippen LogP contribution in [0.2, 0.25) is 0 Å². The van der Waals surface area contributed by atoms with Crippen molar-refractivity contribution < 1.29 is 4.79 Å². The van der Waals surface area contributed by atoms with Gasteiger partial charge in [-0.2, -0.15) is 0 Å². The lowest BCUT2D eigenvalue weighted by Gasteiger charge is -2.28. The minimum atomic E-state index is -0.0766. The molecule has 1 aromatic rings. The fourth-order valence-electron chi connectivity index (χ4n) is 1.52. The average Bonchev–Trinajstić information content (AvgIpc) is 2.35. The molecule has 1 amide bonds. The van der Waals surface area contributed by atoms with Gasteiger partial charge < -0.3 is 10.3 Å². The molecule has 1 unspecified atom stereocenters. The Morgan fingerprint density at radius 2 is 2.12 bits per heavy atom. The topological polar surface area (TPSA) is 71.2 Å². The quantitative estimate of drug-likeness (QED) is 0.613. The van der Waals surface area contributed by atoms with E-state index in [1.807, 2.05) is 6.92 Å². The maximum Gasteiger partial charge on any atom is 0.257 e. The summed E-state index contributed by atoms with van der Waals surface area (Å²) in [6.07, 6.45) is 1.60. The fourth-order valence-corrected chi connectivity index (χ4v) is 1.52. The molecule has 0 saturated heterocycles. The highest BCUT2D eigenvalue weighted by Crippen LogP contribution is 2.16. The molecule has 0 saturated carbocycles. The largest absolute Gasteiger partial charge is 0.339 e. The number of carbonyl (C=O) groups excluding carboxylic acids is 1. The van der Waals surface area contributed by atoms with Gasteiger partial charge in [0.1, 0.15) is 0 Å². The number of nitrogens with two attached hydrogens (primary N) is 1. The number of hydrogen-bond acceptors (Lipinski definition) is 4. The van der Waals surface area contributed by atoms with Gasteiger partial charge in [-0.05, 0) is 25.0 Å².